The van der Waals surface area contributed by atoms with Crippen LogP contribution in [0.5, 0.6) is 0 Å². The SMILES string of the molecule is CCc1ccc2c(c1)C1c3ccccc3C2C2C(=O)N(C)C(=O)C12. The van der Waals surface area contributed by atoms with Gasteiger partial charge in [0, 0.05) is 18.9 Å². The first-order chi connectivity index (χ1) is 11.6. The molecule has 6 rings (SSSR count). The number of hydrogen-bond donors (Lipinski definition) is 0. The Kier molecular flexibility index (Phi) is 2.66. The molecule has 120 valence electrons. The molecular weight excluding hydrogens is 298 g/mol. The van der Waals surface area contributed by atoms with Crippen molar-refractivity contribution in [2.24, 2.45) is 11.8 Å². The van der Waals surface area contributed by atoms with Gasteiger partial charge in [-0.3, -0.25) is 14.5 Å². The van der Waals surface area contributed by atoms with Gasteiger partial charge in [-0.25, -0.2) is 0 Å². The molecule has 24 heavy (non-hydrogen) atoms. The Morgan fingerprint density at radius 2 is 1.38 bits per heavy atom. The van der Waals surface area contributed by atoms with Crippen LogP contribution in [-0.2, 0) is 16.0 Å². The molecule has 1 saturated heterocycles. The summed E-state index contributed by atoms with van der Waals surface area (Å²) in [4.78, 5) is 27.0. The molecule has 0 radical (unpaired) electrons. The van der Waals surface area contributed by atoms with E-state index in [4.69, 9.17) is 0 Å². The maximum atomic E-state index is 12.8. The van der Waals surface area contributed by atoms with Crippen molar-refractivity contribution in [3.63, 3.8) is 0 Å². The van der Waals surface area contributed by atoms with Gasteiger partial charge in [-0.15, -0.1) is 0 Å². The molecule has 1 fully saturated rings. The van der Waals surface area contributed by atoms with Crippen LogP contribution in [0.25, 0.3) is 0 Å². The van der Waals surface area contributed by atoms with Crippen LogP contribution >= 0.6 is 0 Å². The van der Waals surface area contributed by atoms with Gasteiger partial charge in [-0.2, -0.15) is 0 Å². The molecule has 4 aliphatic rings. The molecule has 3 heteroatoms. The normalized spacial score (nSPS) is 29.5. The van der Waals surface area contributed by atoms with Crippen molar-refractivity contribution < 1.29 is 9.59 Å². The summed E-state index contributed by atoms with van der Waals surface area (Å²) in [5.41, 5.74) is 6.27. The van der Waals surface area contributed by atoms with Gasteiger partial charge in [0.25, 0.3) is 0 Å². The lowest BCUT2D eigenvalue weighted by Crippen LogP contribution is -2.41. The third kappa shape index (κ3) is 1.48. The molecule has 4 atom stereocenters. The van der Waals surface area contributed by atoms with Crippen molar-refractivity contribution in [1.29, 1.82) is 0 Å². The van der Waals surface area contributed by atoms with Crippen molar-refractivity contribution in [1.82, 2.24) is 4.90 Å². The first-order valence-corrected chi connectivity index (χ1v) is 8.66. The first-order valence-electron chi connectivity index (χ1n) is 8.66. The summed E-state index contributed by atoms with van der Waals surface area (Å²) in [5, 5.41) is 0. The van der Waals surface area contributed by atoms with E-state index in [0.29, 0.717) is 0 Å². The van der Waals surface area contributed by atoms with Crippen LogP contribution in [0.4, 0.5) is 0 Å². The summed E-state index contributed by atoms with van der Waals surface area (Å²) in [6, 6.07) is 15.0. The van der Waals surface area contributed by atoms with Gasteiger partial charge in [0.2, 0.25) is 11.8 Å². The third-order valence-electron chi connectivity index (χ3n) is 6.23. The van der Waals surface area contributed by atoms with E-state index < -0.39 is 0 Å². The van der Waals surface area contributed by atoms with Gasteiger partial charge in [-0.05, 0) is 34.2 Å². The Labute approximate surface area is 141 Å². The molecule has 2 bridgehead atoms. The minimum atomic E-state index is -0.234. The summed E-state index contributed by atoms with van der Waals surface area (Å²) in [6.45, 7) is 2.15. The van der Waals surface area contributed by atoms with Gasteiger partial charge in [-0.1, -0.05) is 49.4 Å². The van der Waals surface area contributed by atoms with E-state index in [-0.39, 0.29) is 35.5 Å². The average molecular weight is 317 g/mol. The summed E-state index contributed by atoms with van der Waals surface area (Å²) < 4.78 is 0. The predicted octanol–water partition coefficient (Wildman–Crippen LogP) is 3.07. The highest BCUT2D eigenvalue weighted by Gasteiger charge is 2.60. The third-order valence-corrected chi connectivity index (χ3v) is 6.23. The molecule has 4 unspecified atom stereocenters. The van der Waals surface area contributed by atoms with E-state index in [2.05, 4.69) is 37.3 Å². The minimum absolute atomic E-state index is 0.0120. The van der Waals surface area contributed by atoms with E-state index in [1.807, 2.05) is 12.1 Å². The zero-order valence-electron chi connectivity index (χ0n) is 13.8. The van der Waals surface area contributed by atoms with Crippen molar-refractivity contribution in [3.05, 3.63) is 70.3 Å². The van der Waals surface area contributed by atoms with E-state index in [9.17, 15) is 9.59 Å². The topological polar surface area (TPSA) is 37.4 Å². The molecule has 0 spiro atoms. The second kappa shape index (κ2) is 4.56. The van der Waals surface area contributed by atoms with Crippen molar-refractivity contribution >= 4 is 11.8 Å². The van der Waals surface area contributed by atoms with Gasteiger partial charge >= 0.3 is 0 Å². The number of amides is 2. The maximum Gasteiger partial charge on any atom is 0.233 e. The Hall–Kier alpha value is -2.42. The zero-order chi connectivity index (χ0) is 16.6. The number of hydrogen-bond acceptors (Lipinski definition) is 2. The van der Waals surface area contributed by atoms with E-state index >= 15 is 0 Å². The Morgan fingerprint density at radius 1 is 0.833 bits per heavy atom. The maximum absolute atomic E-state index is 12.8. The number of imide groups is 1. The summed E-state index contributed by atoms with van der Waals surface area (Å²) in [7, 11) is 1.63. The Bertz CT molecular complexity index is 900. The Balaban J connectivity index is 1.83. The molecule has 2 aromatic rings. The molecule has 0 aromatic heterocycles. The molecule has 2 amide bonds. The average Bonchev–Trinajstić information content (AvgIpc) is 2.86. The molecular formula is C21H19NO2. The smallest absolute Gasteiger partial charge is 0.233 e. The lowest BCUT2D eigenvalue weighted by atomic mass is 9.55. The number of nitrogens with zero attached hydrogens (tertiary/aromatic N) is 1. The quantitative estimate of drug-likeness (QED) is 0.758. The number of carbonyl (C=O) groups is 2. The van der Waals surface area contributed by atoms with E-state index in [1.165, 1.54) is 32.7 Å². The summed E-state index contributed by atoms with van der Waals surface area (Å²) in [6.07, 6.45) is 0.979. The van der Waals surface area contributed by atoms with Crippen LogP contribution in [-0.4, -0.2) is 23.8 Å². The Morgan fingerprint density at radius 3 is 1.96 bits per heavy atom. The van der Waals surface area contributed by atoms with Crippen LogP contribution in [0.1, 0.15) is 46.6 Å². The highest BCUT2D eigenvalue weighted by Crippen LogP contribution is 2.60. The standard InChI is InChI=1S/C21H19NO2/c1-3-11-8-9-14-15(10-11)17-13-7-5-4-6-12(13)16(14)18-19(17)21(24)22(2)20(18)23/h4-10,16-19H,3H2,1-2H3. The van der Waals surface area contributed by atoms with Gasteiger partial charge in [0.1, 0.15) is 0 Å². The van der Waals surface area contributed by atoms with Crippen LogP contribution < -0.4 is 0 Å². The predicted molar refractivity (Wildman–Crippen MR) is 90.7 cm³/mol. The highest BCUT2D eigenvalue weighted by molar-refractivity contribution is 6.07. The molecule has 2 aromatic carbocycles. The molecule has 3 nitrogen and oxygen atoms in total. The number of aryl methyl sites for hydroxylation is 1. The summed E-state index contributed by atoms with van der Waals surface area (Å²) >= 11 is 0. The fourth-order valence-electron chi connectivity index (χ4n) is 5.15. The number of benzene rings is 2. The number of likely N-dealkylation sites (tertiary alicyclic amines) is 1. The molecule has 0 saturated carbocycles. The molecule has 1 heterocycles. The van der Waals surface area contributed by atoms with Gasteiger partial charge in [0.15, 0.2) is 0 Å². The van der Waals surface area contributed by atoms with Gasteiger partial charge in [0.05, 0.1) is 11.8 Å². The molecule has 3 aliphatic carbocycles. The monoisotopic (exact) mass is 317 g/mol. The summed E-state index contributed by atoms with van der Waals surface area (Å²) in [5.74, 6) is -0.469. The fraction of sp³-hybridized carbons (Fsp3) is 0.333. The lowest BCUT2D eigenvalue weighted by molar-refractivity contribution is -0.138. The number of carbonyl (C=O) groups excluding carboxylic acids is 2. The van der Waals surface area contributed by atoms with Crippen molar-refractivity contribution in [2.75, 3.05) is 7.05 Å². The second-order valence-electron chi connectivity index (χ2n) is 7.19. The minimum Gasteiger partial charge on any atom is -0.285 e. The van der Waals surface area contributed by atoms with Crippen LogP contribution in [0.15, 0.2) is 42.5 Å². The van der Waals surface area contributed by atoms with Crippen LogP contribution in [0, 0.1) is 11.8 Å². The van der Waals surface area contributed by atoms with Crippen LogP contribution in [0.3, 0.4) is 0 Å². The highest BCUT2D eigenvalue weighted by atomic mass is 16.2. The molecule has 0 N–H and O–H groups in total. The van der Waals surface area contributed by atoms with Crippen molar-refractivity contribution in [3.8, 4) is 0 Å². The van der Waals surface area contributed by atoms with Gasteiger partial charge < -0.3 is 0 Å². The number of rotatable bonds is 1. The van der Waals surface area contributed by atoms with E-state index in [0.717, 1.165) is 6.42 Å². The molecule has 1 aliphatic heterocycles. The lowest BCUT2D eigenvalue weighted by Gasteiger charge is -2.46. The fourth-order valence-corrected chi connectivity index (χ4v) is 5.15. The largest absolute Gasteiger partial charge is 0.285 e. The van der Waals surface area contributed by atoms with Crippen LogP contribution in [0.2, 0.25) is 0 Å². The zero-order valence-corrected chi connectivity index (χ0v) is 13.8. The second-order valence-corrected chi connectivity index (χ2v) is 7.19. The first kappa shape index (κ1) is 14.0. The van der Waals surface area contributed by atoms with Crippen molar-refractivity contribution in [2.45, 2.75) is 25.2 Å². The van der Waals surface area contributed by atoms with E-state index in [1.54, 1.807) is 7.05 Å².